The summed E-state index contributed by atoms with van der Waals surface area (Å²) in [6, 6.07) is 0.783. The van der Waals surface area contributed by atoms with E-state index < -0.39 is 0 Å². The number of hydrogen-bond acceptors (Lipinski definition) is 2. The van der Waals surface area contributed by atoms with Gasteiger partial charge in [0.25, 0.3) is 0 Å². The van der Waals surface area contributed by atoms with E-state index in [1.54, 1.807) is 0 Å². The maximum absolute atomic E-state index is 3.63. The van der Waals surface area contributed by atoms with Crippen LogP contribution in [-0.4, -0.2) is 36.1 Å². The van der Waals surface area contributed by atoms with Gasteiger partial charge in [-0.3, -0.25) is 4.90 Å². The van der Waals surface area contributed by atoms with E-state index in [-0.39, 0.29) is 5.54 Å². The Balaban J connectivity index is 2.08. The van der Waals surface area contributed by atoms with Crippen molar-refractivity contribution in [3.63, 3.8) is 0 Å². The van der Waals surface area contributed by atoms with Crippen LogP contribution >= 0.6 is 0 Å². The fourth-order valence-corrected chi connectivity index (χ4v) is 4.54. The van der Waals surface area contributed by atoms with Gasteiger partial charge in [-0.15, -0.1) is 0 Å². The van der Waals surface area contributed by atoms with E-state index in [1.165, 1.54) is 32.4 Å². The van der Waals surface area contributed by atoms with E-state index >= 15 is 0 Å². The van der Waals surface area contributed by atoms with Crippen molar-refractivity contribution in [3.8, 4) is 0 Å². The quantitative estimate of drug-likeness (QED) is 0.770. The third kappa shape index (κ3) is 3.48. The van der Waals surface area contributed by atoms with Gasteiger partial charge in [0, 0.05) is 31.2 Å². The van der Waals surface area contributed by atoms with Crippen molar-refractivity contribution in [1.82, 2.24) is 10.2 Å². The second kappa shape index (κ2) is 4.49. The third-order valence-corrected chi connectivity index (χ3v) is 4.65. The Labute approximate surface area is 114 Å². The second-order valence-corrected chi connectivity index (χ2v) is 8.85. The van der Waals surface area contributed by atoms with Gasteiger partial charge in [0.1, 0.15) is 0 Å². The van der Waals surface area contributed by atoms with Gasteiger partial charge in [0.15, 0.2) is 0 Å². The lowest BCUT2D eigenvalue weighted by atomic mass is 9.63. The van der Waals surface area contributed by atoms with Crippen molar-refractivity contribution in [3.05, 3.63) is 0 Å². The van der Waals surface area contributed by atoms with Gasteiger partial charge in [-0.05, 0) is 43.9 Å². The summed E-state index contributed by atoms with van der Waals surface area (Å²) in [7, 11) is 0. The Kier molecular flexibility index (Phi) is 3.57. The minimum Gasteiger partial charge on any atom is -0.309 e. The van der Waals surface area contributed by atoms with Gasteiger partial charge < -0.3 is 5.32 Å². The van der Waals surface area contributed by atoms with Crippen molar-refractivity contribution >= 4 is 0 Å². The summed E-state index contributed by atoms with van der Waals surface area (Å²) in [5.41, 5.74) is 1.28. The Hall–Kier alpha value is -0.0800. The summed E-state index contributed by atoms with van der Waals surface area (Å²) in [4.78, 5) is 2.75. The van der Waals surface area contributed by atoms with Crippen LogP contribution in [0.1, 0.15) is 60.8 Å². The standard InChI is InChI=1S/C16H32N2/c1-14(2)9-13(10-15(3,4)11-14)18-8-7-17-16(5,6)12-18/h13,17H,7-12H2,1-6H3. The molecule has 1 saturated heterocycles. The fraction of sp³-hybridized carbons (Fsp3) is 1.00. The van der Waals surface area contributed by atoms with Crippen molar-refractivity contribution in [2.75, 3.05) is 19.6 Å². The normalized spacial score (nSPS) is 32.3. The molecule has 18 heavy (non-hydrogen) atoms. The summed E-state index contributed by atoms with van der Waals surface area (Å²) < 4.78 is 0. The molecule has 1 aliphatic heterocycles. The molecule has 0 unspecified atom stereocenters. The summed E-state index contributed by atoms with van der Waals surface area (Å²) in [6.45, 7) is 18.0. The lowest BCUT2D eigenvalue weighted by molar-refractivity contribution is 0.00288. The molecule has 0 spiro atoms. The number of rotatable bonds is 1. The largest absolute Gasteiger partial charge is 0.309 e. The first-order valence-corrected chi connectivity index (χ1v) is 7.58. The van der Waals surface area contributed by atoms with Gasteiger partial charge in [0.05, 0.1) is 0 Å². The van der Waals surface area contributed by atoms with Crippen LogP contribution in [0.5, 0.6) is 0 Å². The maximum atomic E-state index is 3.63. The van der Waals surface area contributed by atoms with Crippen molar-refractivity contribution in [2.45, 2.75) is 72.4 Å². The molecule has 2 aliphatic rings. The number of piperazine rings is 1. The van der Waals surface area contributed by atoms with Crippen LogP contribution in [0.2, 0.25) is 0 Å². The smallest absolute Gasteiger partial charge is 0.0252 e. The SMILES string of the molecule is CC1(C)CC(N2CCNC(C)(C)C2)CC(C)(C)C1. The summed E-state index contributed by atoms with van der Waals surface area (Å²) in [5, 5.41) is 3.63. The highest BCUT2D eigenvalue weighted by atomic mass is 15.2. The van der Waals surface area contributed by atoms with Gasteiger partial charge in [0.2, 0.25) is 0 Å². The van der Waals surface area contributed by atoms with Crippen LogP contribution in [0.4, 0.5) is 0 Å². The van der Waals surface area contributed by atoms with E-state index in [0.29, 0.717) is 10.8 Å². The van der Waals surface area contributed by atoms with Crippen molar-refractivity contribution < 1.29 is 0 Å². The van der Waals surface area contributed by atoms with E-state index in [0.717, 1.165) is 12.6 Å². The number of nitrogens with one attached hydrogen (secondary N) is 1. The molecule has 0 aromatic carbocycles. The van der Waals surface area contributed by atoms with E-state index in [9.17, 15) is 0 Å². The average Bonchev–Trinajstić information content (AvgIpc) is 2.10. The Morgan fingerprint density at radius 3 is 2.00 bits per heavy atom. The molecule has 106 valence electrons. The topological polar surface area (TPSA) is 15.3 Å². The molecule has 0 bridgehead atoms. The summed E-state index contributed by atoms with van der Waals surface area (Å²) >= 11 is 0. The zero-order valence-corrected chi connectivity index (χ0v) is 13.3. The van der Waals surface area contributed by atoms with Crippen LogP contribution in [0.3, 0.4) is 0 Å². The molecule has 1 N–H and O–H groups in total. The zero-order valence-electron chi connectivity index (χ0n) is 13.3. The highest BCUT2D eigenvalue weighted by Crippen LogP contribution is 2.47. The molecule has 0 aromatic rings. The maximum Gasteiger partial charge on any atom is 0.0252 e. The Morgan fingerprint density at radius 1 is 0.944 bits per heavy atom. The summed E-state index contributed by atoms with van der Waals surface area (Å²) in [6.07, 6.45) is 4.10. The van der Waals surface area contributed by atoms with Crippen molar-refractivity contribution in [1.29, 1.82) is 0 Å². The summed E-state index contributed by atoms with van der Waals surface area (Å²) in [5.74, 6) is 0. The highest BCUT2D eigenvalue weighted by molar-refractivity contribution is 4.97. The molecule has 2 fully saturated rings. The zero-order chi connectivity index (χ0) is 13.6. The van der Waals surface area contributed by atoms with Gasteiger partial charge >= 0.3 is 0 Å². The predicted octanol–water partition coefficient (Wildman–Crippen LogP) is 3.28. The molecule has 1 saturated carbocycles. The lowest BCUT2D eigenvalue weighted by Gasteiger charge is -2.51. The van der Waals surface area contributed by atoms with E-state index in [1.807, 2.05) is 0 Å². The third-order valence-electron chi connectivity index (χ3n) is 4.65. The molecule has 0 aromatic heterocycles. The van der Waals surface area contributed by atoms with E-state index in [2.05, 4.69) is 51.8 Å². The van der Waals surface area contributed by atoms with Crippen LogP contribution in [-0.2, 0) is 0 Å². The number of hydrogen-bond donors (Lipinski definition) is 1. The van der Waals surface area contributed by atoms with Gasteiger partial charge in [-0.1, -0.05) is 27.7 Å². The first-order chi connectivity index (χ1) is 8.09. The Morgan fingerprint density at radius 2 is 1.50 bits per heavy atom. The number of nitrogens with zero attached hydrogens (tertiary/aromatic N) is 1. The van der Waals surface area contributed by atoms with Crippen molar-refractivity contribution in [2.24, 2.45) is 10.8 Å². The first kappa shape index (κ1) is 14.3. The van der Waals surface area contributed by atoms with E-state index in [4.69, 9.17) is 0 Å². The molecule has 2 nitrogen and oxygen atoms in total. The lowest BCUT2D eigenvalue weighted by Crippen LogP contribution is -2.61. The Bertz CT molecular complexity index is 288. The highest BCUT2D eigenvalue weighted by Gasteiger charge is 2.42. The van der Waals surface area contributed by atoms with Crippen LogP contribution in [0, 0.1) is 10.8 Å². The predicted molar refractivity (Wildman–Crippen MR) is 78.9 cm³/mol. The molecule has 1 heterocycles. The fourth-order valence-electron chi connectivity index (χ4n) is 4.54. The van der Waals surface area contributed by atoms with Crippen LogP contribution in [0.15, 0.2) is 0 Å². The van der Waals surface area contributed by atoms with Gasteiger partial charge in [-0.25, -0.2) is 0 Å². The molecular weight excluding hydrogens is 220 g/mol. The molecule has 1 aliphatic carbocycles. The van der Waals surface area contributed by atoms with Crippen LogP contribution in [0.25, 0.3) is 0 Å². The second-order valence-electron chi connectivity index (χ2n) is 8.85. The minimum atomic E-state index is 0.282. The molecule has 2 heteroatoms. The molecule has 0 amide bonds. The van der Waals surface area contributed by atoms with Gasteiger partial charge in [-0.2, -0.15) is 0 Å². The first-order valence-electron chi connectivity index (χ1n) is 7.58. The van der Waals surface area contributed by atoms with Crippen LogP contribution < -0.4 is 5.32 Å². The minimum absolute atomic E-state index is 0.282. The average molecular weight is 252 g/mol. The monoisotopic (exact) mass is 252 g/mol. The molecule has 0 atom stereocenters. The molecular formula is C16H32N2. The molecule has 2 rings (SSSR count). The molecule has 0 radical (unpaired) electrons.